The molecule has 1 heterocycles. The van der Waals surface area contributed by atoms with Gasteiger partial charge in [0.05, 0.1) is 25.8 Å². The van der Waals surface area contributed by atoms with Crippen molar-refractivity contribution < 1.29 is 14.3 Å². The number of ether oxygens (including phenoxy) is 2. The van der Waals surface area contributed by atoms with Crippen molar-refractivity contribution >= 4 is 5.91 Å². The number of amides is 1. The summed E-state index contributed by atoms with van der Waals surface area (Å²) in [5.41, 5.74) is 1.02. The third-order valence-corrected chi connectivity index (χ3v) is 4.68. The number of hydrogen-bond donors (Lipinski definition) is 2. The summed E-state index contributed by atoms with van der Waals surface area (Å²) in [5, 5.41) is 6.38. The van der Waals surface area contributed by atoms with Crippen LogP contribution >= 0.6 is 0 Å². The van der Waals surface area contributed by atoms with Gasteiger partial charge < -0.3 is 20.1 Å². The second-order valence-electron chi connectivity index (χ2n) is 6.70. The number of piperidine rings is 1. The van der Waals surface area contributed by atoms with Crippen LogP contribution in [0.5, 0.6) is 11.5 Å². The molecule has 0 bridgehead atoms. The van der Waals surface area contributed by atoms with Gasteiger partial charge in [0.15, 0.2) is 11.5 Å². The van der Waals surface area contributed by atoms with E-state index in [0.29, 0.717) is 12.4 Å². The average molecular weight is 348 g/mol. The molecule has 0 saturated carbocycles. The molecule has 5 nitrogen and oxygen atoms in total. The normalized spacial score (nSPS) is 18.4. The van der Waals surface area contributed by atoms with Crippen molar-refractivity contribution in [2.24, 2.45) is 0 Å². The van der Waals surface area contributed by atoms with E-state index in [0.717, 1.165) is 43.5 Å². The van der Waals surface area contributed by atoms with Crippen LogP contribution in [0.3, 0.4) is 0 Å². The van der Waals surface area contributed by atoms with Crippen LogP contribution < -0.4 is 20.1 Å². The SMILES string of the molecule is CCCCCOc1ccc(C(C)NC(=O)C2CCCCN2)cc1OC. The van der Waals surface area contributed by atoms with Gasteiger partial charge in [-0.3, -0.25) is 4.79 Å². The quantitative estimate of drug-likeness (QED) is 0.670. The lowest BCUT2D eigenvalue weighted by Crippen LogP contribution is -2.47. The minimum atomic E-state index is -0.0701. The summed E-state index contributed by atoms with van der Waals surface area (Å²) in [5.74, 6) is 1.55. The van der Waals surface area contributed by atoms with E-state index in [-0.39, 0.29) is 18.0 Å². The van der Waals surface area contributed by atoms with Gasteiger partial charge in [-0.05, 0) is 50.4 Å². The van der Waals surface area contributed by atoms with Gasteiger partial charge in [0, 0.05) is 0 Å². The standard InChI is InChI=1S/C20H32N2O3/c1-4-5-8-13-25-18-11-10-16(14-19(18)24-3)15(2)22-20(23)17-9-6-7-12-21-17/h10-11,14-15,17,21H,4-9,12-13H2,1-3H3,(H,22,23). The summed E-state index contributed by atoms with van der Waals surface area (Å²) in [4.78, 5) is 12.4. The van der Waals surface area contributed by atoms with Gasteiger partial charge in [-0.2, -0.15) is 0 Å². The first-order valence-electron chi connectivity index (χ1n) is 9.50. The van der Waals surface area contributed by atoms with Crippen molar-refractivity contribution in [1.29, 1.82) is 0 Å². The summed E-state index contributed by atoms with van der Waals surface area (Å²) in [6, 6.07) is 5.74. The van der Waals surface area contributed by atoms with Crippen molar-refractivity contribution in [3.05, 3.63) is 23.8 Å². The fraction of sp³-hybridized carbons (Fsp3) is 0.650. The number of carbonyl (C=O) groups excluding carboxylic acids is 1. The first kappa shape index (κ1) is 19.6. The molecule has 1 aromatic carbocycles. The van der Waals surface area contributed by atoms with Crippen LogP contribution in [-0.2, 0) is 4.79 Å². The fourth-order valence-electron chi connectivity index (χ4n) is 3.08. The van der Waals surface area contributed by atoms with Gasteiger partial charge in [0.1, 0.15) is 0 Å². The van der Waals surface area contributed by atoms with Gasteiger partial charge in [-0.1, -0.05) is 32.3 Å². The van der Waals surface area contributed by atoms with Gasteiger partial charge in [-0.25, -0.2) is 0 Å². The minimum absolute atomic E-state index is 0.0701. The number of nitrogens with one attached hydrogen (secondary N) is 2. The monoisotopic (exact) mass is 348 g/mol. The molecule has 2 atom stereocenters. The summed E-state index contributed by atoms with van der Waals surface area (Å²) >= 11 is 0. The highest BCUT2D eigenvalue weighted by Gasteiger charge is 2.22. The lowest BCUT2D eigenvalue weighted by molar-refractivity contribution is -0.124. The third-order valence-electron chi connectivity index (χ3n) is 4.68. The van der Waals surface area contributed by atoms with E-state index in [2.05, 4.69) is 17.6 Å². The maximum absolute atomic E-state index is 12.4. The van der Waals surface area contributed by atoms with E-state index in [1.54, 1.807) is 7.11 Å². The van der Waals surface area contributed by atoms with Gasteiger partial charge in [0.25, 0.3) is 0 Å². The third kappa shape index (κ3) is 5.92. The molecule has 1 saturated heterocycles. The van der Waals surface area contributed by atoms with E-state index >= 15 is 0 Å². The molecule has 2 rings (SSSR count). The van der Waals surface area contributed by atoms with E-state index < -0.39 is 0 Å². The van der Waals surface area contributed by atoms with Crippen molar-refractivity contribution in [2.45, 2.75) is 64.5 Å². The van der Waals surface area contributed by atoms with Gasteiger partial charge in [-0.15, -0.1) is 0 Å². The highest BCUT2D eigenvalue weighted by Crippen LogP contribution is 2.30. The Morgan fingerprint density at radius 1 is 1.32 bits per heavy atom. The molecule has 1 amide bonds. The smallest absolute Gasteiger partial charge is 0.237 e. The van der Waals surface area contributed by atoms with Crippen molar-refractivity contribution in [1.82, 2.24) is 10.6 Å². The van der Waals surface area contributed by atoms with Crippen LogP contribution in [0, 0.1) is 0 Å². The summed E-state index contributed by atoms with van der Waals surface area (Å²) in [6.45, 7) is 5.79. The van der Waals surface area contributed by atoms with Crippen LogP contribution in [0.2, 0.25) is 0 Å². The predicted molar refractivity (Wildman–Crippen MR) is 100 cm³/mol. The molecule has 1 fully saturated rings. The highest BCUT2D eigenvalue weighted by molar-refractivity contribution is 5.82. The van der Waals surface area contributed by atoms with E-state index in [9.17, 15) is 4.79 Å². The first-order valence-corrected chi connectivity index (χ1v) is 9.50. The summed E-state index contributed by atoms with van der Waals surface area (Å²) < 4.78 is 11.3. The van der Waals surface area contributed by atoms with Crippen molar-refractivity contribution in [2.75, 3.05) is 20.3 Å². The second-order valence-corrected chi connectivity index (χ2v) is 6.70. The lowest BCUT2D eigenvalue weighted by atomic mass is 10.0. The second kappa shape index (κ2) is 10.3. The molecular formula is C20H32N2O3. The summed E-state index contributed by atoms with van der Waals surface area (Å²) in [6.07, 6.45) is 6.55. The topological polar surface area (TPSA) is 59.6 Å². The molecule has 25 heavy (non-hydrogen) atoms. The summed E-state index contributed by atoms with van der Waals surface area (Å²) in [7, 11) is 1.65. The van der Waals surface area contributed by atoms with E-state index in [1.165, 1.54) is 12.8 Å². The average Bonchev–Trinajstić information content (AvgIpc) is 2.65. The van der Waals surface area contributed by atoms with Crippen molar-refractivity contribution in [3.63, 3.8) is 0 Å². The largest absolute Gasteiger partial charge is 0.493 e. The molecule has 140 valence electrons. The Balaban J connectivity index is 1.94. The molecule has 1 aliphatic rings. The molecule has 0 spiro atoms. The first-order chi connectivity index (χ1) is 12.2. The van der Waals surface area contributed by atoms with Crippen LogP contribution in [0.15, 0.2) is 18.2 Å². The fourth-order valence-corrected chi connectivity index (χ4v) is 3.08. The molecule has 0 aliphatic carbocycles. The Morgan fingerprint density at radius 2 is 2.16 bits per heavy atom. The molecule has 0 aromatic heterocycles. The van der Waals surface area contributed by atoms with E-state index in [1.807, 2.05) is 25.1 Å². The van der Waals surface area contributed by atoms with Crippen LogP contribution in [-0.4, -0.2) is 32.2 Å². The van der Waals surface area contributed by atoms with Crippen LogP contribution in [0.4, 0.5) is 0 Å². The lowest BCUT2D eigenvalue weighted by Gasteiger charge is -2.25. The maximum atomic E-state index is 12.4. The zero-order valence-electron chi connectivity index (χ0n) is 15.8. The Kier molecular flexibility index (Phi) is 8.06. The molecule has 5 heteroatoms. The molecule has 2 N–H and O–H groups in total. The zero-order chi connectivity index (χ0) is 18.1. The highest BCUT2D eigenvalue weighted by atomic mass is 16.5. The minimum Gasteiger partial charge on any atom is -0.493 e. The Bertz CT molecular complexity index is 542. The number of methoxy groups -OCH3 is 1. The molecule has 1 aromatic rings. The Morgan fingerprint density at radius 3 is 2.84 bits per heavy atom. The van der Waals surface area contributed by atoms with Crippen molar-refractivity contribution in [3.8, 4) is 11.5 Å². The molecule has 1 aliphatic heterocycles. The number of benzene rings is 1. The number of hydrogen-bond acceptors (Lipinski definition) is 4. The Hall–Kier alpha value is -1.75. The van der Waals surface area contributed by atoms with Crippen LogP contribution in [0.25, 0.3) is 0 Å². The van der Waals surface area contributed by atoms with Crippen LogP contribution in [0.1, 0.15) is 64.0 Å². The molecular weight excluding hydrogens is 316 g/mol. The van der Waals surface area contributed by atoms with Gasteiger partial charge in [0.2, 0.25) is 5.91 Å². The predicted octanol–water partition coefficient (Wildman–Crippen LogP) is 3.58. The maximum Gasteiger partial charge on any atom is 0.237 e. The number of carbonyl (C=O) groups is 1. The van der Waals surface area contributed by atoms with Gasteiger partial charge >= 0.3 is 0 Å². The van der Waals surface area contributed by atoms with E-state index in [4.69, 9.17) is 9.47 Å². The molecule has 2 unspecified atom stereocenters. The molecule has 0 radical (unpaired) electrons. The number of unbranched alkanes of at least 4 members (excludes halogenated alkanes) is 2. The number of rotatable bonds is 9. The Labute approximate surface area is 151 Å². The zero-order valence-corrected chi connectivity index (χ0v) is 15.8.